The summed E-state index contributed by atoms with van der Waals surface area (Å²) in [5.41, 5.74) is 7.86. The van der Waals surface area contributed by atoms with E-state index in [4.69, 9.17) is 10.3 Å². The van der Waals surface area contributed by atoms with Gasteiger partial charge in [0.05, 0.1) is 19.7 Å². The molecule has 0 atom stereocenters. The highest BCUT2D eigenvalue weighted by Gasteiger charge is 2.25. The minimum Gasteiger partial charge on any atom is -0.494 e. The zero-order valence-corrected chi connectivity index (χ0v) is 23.6. The van der Waals surface area contributed by atoms with Crippen LogP contribution in [-0.2, 0) is 24.0 Å². The lowest BCUT2D eigenvalue weighted by atomic mass is 10.1. The number of benzene rings is 1. The Kier molecular flexibility index (Phi) is 15.6. The quantitative estimate of drug-likeness (QED) is 0.0921. The summed E-state index contributed by atoms with van der Waals surface area (Å²) in [5, 5.41) is 21.8. The third kappa shape index (κ3) is 14.0. The molecule has 0 aromatic heterocycles. The normalized spacial score (nSPS) is 10.2. The number of carbonyl (C=O) groups excluding carboxylic acids is 5. The van der Waals surface area contributed by atoms with E-state index in [0.29, 0.717) is 32.2 Å². The SMILES string of the molecule is CC(=O)CN(CC(=O)O)C(=O)c1cc(OCCCC(=O)CCCCCN=[N+]=[N-])cc(C(=O)N(CC(C)=O)CC(=O)O)c1. The fourth-order valence-corrected chi connectivity index (χ4v) is 3.87. The molecule has 1 rings (SSSR count). The summed E-state index contributed by atoms with van der Waals surface area (Å²) in [5.74, 6) is -5.48. The molecule has 2 amide bonds. The van der Waals surface area contributed by atoms with Crippen molar-refractivity contribution in [1.82, 2.24) is 9.80 Å². The lowest BCUT2D eigenvalue weighted by molar-refractivity contribution is -0.139. The van der Waals surface area contributed by atoms with Crippen molar-refractivity contribution in [2.45, 2.75) is 52.4 Å². The zero-order chi connectivity index (χ0) is 31.7. The second-order valence-electron chi connectivity index (χ2n) is 9.52. The van der Waals surface area contributed by atoms with Gasteiger partial charge in [-0.2, -0.15) is 0 Å². The van der Waals surface area contributed by atoms with Gasteiger partial charge >= 0.3 is 11.9 Å². The van der Waals surface area contributed by atoms with Crippen molar-refractivity contribution in [3.05, 3.63) is 39.8 Å². The van der Waals surface area contributed by atoms with E-state index in [1.165, 1.54) is 26.0 Å². The summed E-state index contributed by atoms with van der Waals surface area (Å²) >= 11 is 0. The lowest BCUT2D eigenvalue weighted by Crippen LogP contribution is -2.40. The molecule has 0 unspecified atom stereocenters. The number of carboxylic acid groups (broad SMARTS) is 2. The van der Waals surface area contributed by atoms with Crippen LogP contribution in [0, 0.1) is 0 Å². The van der Waals surface area contributed by atoms with Crippen LogP contribution in [0.1, 0.15) is 73.1 Å². The minimum absolute atomic E-state index is 0.00395. The summed E-state index contributed by atoms with van der Waals surface area (Å²) in [6.45, 7) is 0.124. The highest BCUT2D eigenvalue weighted by atomic mass is 16.5. The number of nitrogens with zero attached hydrogens (tertiary/aromatic N) is 5. The summed E-state index contributed by atoms with van der Waals surface area (Å²) in [6.07, 6.45) is 2.94. The molecule has 42 heavy (non-hydrogen) atoms. The minimum atomic E-state index is -1.37. The van der Waals surface area contributed by atoms with Gasteiger partial charge in [-0.3, -0.25) is 33.6 Å². The second kappa shape index (κ2) is 18.5. The Morgan fingerprint density at radius 3 is 1.71 bits per heavy atom. The maximum absolute atomic E-state index is 13.2. The van der Waals surface area contributed by atoms with Crippen LogP contribution in [0.15, 0.2) is 23.3 Å². The maximum Gasteiger partial charge on any atom is 0.323 e. The van der Waals surface area contributed by atoms with Crippen molar-refractivity contribution in [2.24, 2.45) is 5.11 Å². The number of azide groups is 1. The van der Waals surface area contributed by atoms with E-state index in [-0.39, 0.29) is 35.7 Å². The van der Waals surface area contributed by atoms with Crippen molar-refractivity contribution in [2.75, 3.05) is 39.3 Å². The van der Waals surface area contributed by atoms with Crippen molar-refractivity contribution < 1.29 is 48.5 Å². The molecule has 0 aliphatic carbocycles. The molecular formula is C27H35N5O10. The molecule has 0 saturated carbocycles. The van der Waals surface area contributed by atoms with Gasteiger partial charge in [-0.1, -0.05) is 11.5 Å². The first-order valence-corrected chi connectivity index (χ1v) is 13.2. The average molecular weight is 590 g/mol. The van der Waals surface area contributed by atoms with E-state index in [0.717, 1.165) is 22.3 Å². The summed E-state index contributed by atoms with van der Waals surface area (Å²) in [6, 6.07) is 3.59. The van der Waals surface area contributed by atoms with E-state index in [9.17, 15) is 43.8 Å². The Morgan fingerprint density at radius 1 is 0.762 bits per heavy atom. The van der Waals surface area contributed by atoms with Gasteiger partial charge in [0.15, 0.2) is 0 Å². The van der Waals surface area contributed by atoms with Gasteiger partial charge in [0.25, 0.3) is 11.8 Å². The predicted octanol–water partition coefficient (Wildman–Crippen LogP) is 2.52. The van der Waals surface area contributed by atoms with Gasteiger partial charge in [0, 0.05) is 35.4 Å². The Morgan fingerprint density at radius 2 is 1.26 bits per heavy atom. The molecule has 1 aromatic carbocycles. The fraction of sp³-hybridized carbons (Fsp3) is 0.519. The molecule has 0 bridgehead atoms. The largest absolute Gasteiger partial charge is 0.494 e. The van der Waals surface area contributed by atoms with Gasteiger partial charge in [-0.15, -0.1) is 0 Å². The lowest BCUT2D eigenvalue weighted by Gasteiger charge is -2.22. The van der Waals surface area contributed by atoms with Crippen LogP contribution in [0.4, 0.5) is 0 Å². The van der Waals surface area contributed by atoms with Crippen molar-refractivity contribution in [3.63, 3.8) is 0 Å². The number of hydrogen-bond acceptors (Lipinski definition) is 9. The van der Waals surface area contributed by atoms with Crippen LogP contribution in [0.2, 0.25) is 0 Å². The molecule has 0 aliphatic rings. The molecule has 228 valence electrons. The van der Waals surface area contributed by atoms with Gasteiger partial charge in [-0.25, -0.2) is 0 Å². The number of ether oxygens (including phenoxy) is 1. The molecule has 0 aliphatic heterocycles. The highest BCUT2D eigenvalue weighted by Crippen LogP contribution is 2.21. The first kappa shape index (κ1) is 35.2. The summed E-state index contributed by atoms with van der Waals surface area (Å²) < 4.78 is 5.69. The van der Waals surface area contributed by atoms with E-state index >= 15 is 0 Å². The fourth-order valence-electron chi connectivity index (χ4n) is 3.87. The van der Waals surface area contributed by atoms with Crippen LogP contribution in [-0.4, -0.2) is 100 Å². The van der Waals surface area contributed by atoms with Crippen LogP contribution >= 0.6 is 0 Å². The molecule has 0 radical (unpaired) electrons. The monoisotopic (exact) mass is 589 g/mol. The standard InChI is InChI=1S/C27H35N5O10/c1-18(33)14-31(16-24(36)37)26(40)20-11-21(27(41)32(15-19(2)34)17-25(38)39)13-23(12-20)42-10-6-8-22(35)7-4-3-5-9-29-30-28/h11-13H,3-10,14-17H2,1-2H3,(H,36,37)(H,38,39). The second-order valence-corrected chi connectivity index (χ2v) is 9.52. The number of amides is 2. The number of carbonyl (C=O) groups is 7. The van der Waals surface area contributed by atoms with E-state index in [1.54, 1.807) is 0 Å². The molecule has 0 saturated heterocycles. The number of ketones is 3. The third-order valence-electron chi connectivity index (χ3n) is 5.60. The van der Waals surface area contributed by atoms with Crippen molar-refractivity contribution in [3.8, 4) is 5.75 Å². The van der Waals surface area contributed by atoms with E-state index in [1.807, 2.05) is 0 Å². The van der Waals surface area contributed by atoms with Gasteiger partial charge < -0.3 is 24.7 Å². The van der Waals surface area contributed by atoms with Crippen LogP contribution in [0.3, 0.4) is 0 Å². The Labute approximate surface area is 242 Å². The average Bonchev–Trinajstić information content (AvgIpc) is 2.90. The Hall–Kier alpha value is -4.78. The molecule has 0 heterocycles. The molecule has 1 aromatic rings. The smallest absolute Gasteiger partial charge is 0.323 e. The van der Waals surface area contributed by atoms with E-state index < -0.39 is 61.5 Å². The van der Waals surface area contributed by atoms with Gasteiger partial charge in [0.2, 0.25) is 0 Å². The van der Waals surface area contributed by atoms with Crippen molar-refractivity contribution >= 4 is 41.1 Å². The highest BCUT2D eigenvalue weighted by molar-refractivity contribution is 6.03. The van der Waals surface area contributed by atoms with Crippen LogP contribution in [0.5, 0.6) is 5.75 Å². The topological polar surface area (TPSA) is 224 Å². The number of Topliss-reactive ketones (excluding diaryl/α,β-unsaturated/α-hetero) is 3. The molecule has 15 heteroatoms. The number of aliphatic carboxylic acids is 2. The predicted molar refractivity (Wildman–Crippen MR) is 147 cm³/mol. The summed E-state index contributed by atoms with van der Waals surface area (Å²) in [7, 11) is 0. The van der Waals surface area contributed by atoms with Crippen molar-refractivity contribution in [1.29, 1.82) is 0 Å². The Balaban J connectivity index is 3.14. The molecule has 2 N–H and O–H groups in total. The van der Waals surface area contributed by atoms with Gasteiger partial charge in [-0.05, 0) is 56.8 Å². The third-order valence-corrected chi connectivity index (χ3v) is 5.60. The first-order chi connectivity index (χ1) is 19.8. The van der Waals surface area contributed by atoms with Gasteiger partial charge in [0.1, 0.15) is 36.2 Å². The number of unbranched alkanes of at least 4 members (excludes halogenated alkanes) is 2. The first-order valence-electron chi connectivity index (χ1n) is 13.2. The zero-order valence-electron chi connectivity index (χ0n) is 23.6. The Bertz CT molecular complexity index is 1130. The molecule has 0 fully saturated rings. The molecule has 0 spiro atoms. The number of carboxylic acids is 2. The van der Waals surface area contributed by atoms with E-state index in [2.05, 4.69) is 10.0 Å². The molecule has 15 nitrogen and oxygen atoms in total. The summed E-state index contributed by atoms with van der Waals surface area (Å²) in [4.78, 5) is 88.6. The van der Waals surface area contributed by atoms with Crippen LogP contribution in [0.25, 0.3) is 10.4 Å². The van der Waals surface area contributed by atoms with Crippen LogP contribution < -0.4 is 4.74 Å². The number of hydrogen-bond donors (Lipinski definition) is 2. The maximum atomic E-state index is 13.2. The number of rotatable bonds is 21. The molecular weight excluding hydrogens is 554 g/mol.